The first-order valence-electron chi connectivity index (χ1n) is 11.1. The Morgan fingerprint density at radius 3 is 2.68 bits per heavy atom. The summed E-state index contributed by atoms with van der Waals surface area (Å²) in [6, 6.07) is 2.21. The van der Waals surface area contributed by atoms with Gasteiger partial charge in [0.05, 0.1) is 23.8 Å². The molecule has 0 radical (unpaired) electrons. The molecule has 2 saturated heterocycles. The maximum Gasteiger partial charge on any atom is 0.273 e. The summed E-state index contributed by atoms with van der Waals surface area (Å²) in [5.41, 5.74) is 1.52. The van der Waals surface area contributed by atoms with Crippen molar-refractivity contribution in [2.45, 2.75) is 57.6 Å². The minimum absolute atomic E-state index is 0.0341. The number of thiazole rings is 1. The van der Waals surface area contributed by atoms with Gasteiger partial charge in [-0.1, -0.05) is 20.8 Å². The third kappa shape index (κ3) is 5.37. The predicted molar refractivity (Wildman–Crippen MR) is 125 cm³/mol. The number of amides is 1. The van der Waals surface area contributed by atoms with Crippen molar-refractivity contribution in [3.63, 3.8) is 0 Å². The van der Waals surface area contributed by atoms with Crippen molar-refractivity contribution in [3.8, 4) is 0 Å². The first kappa shape index (κ1) is 22.9. The molecule has 2 aliphatic rings. The molecular weight excluding hydrogens is 430 g/mol. The number of morpholine rings is 1. The van der Waals surface area contributed by atoms with E-state index in [4.69, 9.17) is 9.84 Å². The quantitative estimate of drug-likeness (QED) is 0.735. The van der Waals surface area contributed by atoms with E-state index in [2.05, 4.69) is 42.1 Å². The van der Waals surface area contributed by atoms with Crippen LogP contribution in [-0.2, 0) is 23.1 Å². The van der Waals surface area contributed by atoms with Crippen LogP contribution in [0.15, 0.2) is 16.8 Å². The number of carbonyl (C=O) groups is 1. The second-order valence-electron chi connectivity index (χ2n) is 9.72. The lowest BCUT2D eigenvalue weighted by Gasteiger charge is -2.47. The van der Waals surface area contributed by atoms with Crippen molar-refractivity contribution >= 4 is 28.6 Å². The zero-order valence-corrected chi connectivity index (χ0v) is 20.4. The van der Waals surface area contributed by atoms with Crippen LogP contribution in [-0.4, -0.2) is 70.8 Å². The van der Waals surface area contributed by atoms with Crippen LogP contribution >= 0.6 is 22.7 Å². The number of nitrogens with zero attached hydrogens (tertiary/aromatic N) is 3. The summed E-state index contributed by atoms with van der Waals surface area (Å²) in [6.07, 6.45) is 2.61. The van der Waals surface area contributed by atoms with Gasteiger partial charge in [0, 0.05) is 48.5 Å². The van der Waals surface area contributed by atoms with Gasteiger partial charge in [-0.25, -0.2) is 4.98 Å². The summed E-state index contributed by atoms with van der Waals surface area (Å²) in [5.74, 6) is 0.0341. The van der Waals surface area contributed by atoms with Crippen LogP contribution in [0.2, 0.25) is 0 Å². The minimum Gasteiger partial charge on any atom is -0.396 e. The van der Waals surface area contributed by atoms with E-state index in [1.54, 1.807) is 22.7 Å². The molecule has 0 saturated carbocycles. The van der Waals surface area contributed by atoms with Crippen molar-refractivity contribution in [2.24, 2.45) is 0 Å². The van der Waals surface area contributed by atoms with Crippen LogP contribution in [0, 0.1) is 0 Å². The van der Waals surface area contributed by atoms with Gasteiger partial charge in [0.25, 0.3) is 5.91 Å². The number of aliphatic hydroxyl groups excluding tert-OH is 1. The van der Waals surface area contributed by atoms with Gasteiger partial charge in [0.15, 0.2) is 0 Å². The normalized spacial score (nSPS) is 19.8. The van der Waals surface area contributed by atoms with Crippen molar-refractivity contribution < 1.29 is 14.6 Å². The molecule has 8 heteroatoms. The Morgan fingerprint density at radius 2 is 2.00 bits per heavy atom. The number of likely N-dealkylation sites (tertiary alicyclic amines) is 1. The molecule has 6 nitrogen and oxygen atoms in total. The molecule has 0 unspecified atom stereocenters. The average molecular weight is 464 g/mol. The van der Waals surface area contributed by atoms with E-state index in [0.29, 0.717) is 25.4 Å². The number of piperidine rings is 1. The number of aliphatic hydroxyl groups is 1. The molecular formula is C23H33N3O3S2. The molecule has 1 spiro atoms. The predicted octanol–water partition coefficient (Wildman–Crippen LogP) is 3.54. The van der Waals surface area contributed by atoms with Gasteiger partial charge in [0.2, 0.25) is 0 Å². The summed E-state index contributed by atoms with van der Waals surface area (Å²) >= 11 is 3.35. The molecule has 4 rings (SSSR count). The van der Waals surface area contributed by atoms with E-state index in [1.165, 1.54) is 10.4 Å². The molecule has 1 amide bonds. The van der Waals surface area contributed by atoms with E-state index in [9.17, 15) is 4.79 Å². The van der Waals surface area contributed by atoms with Gasteiger partial charge >= 0.3 is 0 Å². The number of aromatic nitrogens is 1. The Labute approximate surface area is 192 Å². The van der Waals surface area contributed by atoms with Gasteiger partial charge in [0.1, 0.15) is 5.69 Å². The van der Waals surface area contributed by atoms with Crippen LogP contribution < -0.4 is 0 Å². The Balaban J connectivity index is 1.34. The number of hydrogen-bond acceptors (Lipinski definition) is 7. The smallest absolute Gasteiger partial charge is 0.273 e. The van der Waals surface area contributed by atoms with Crippen molar-refractivity contribution in [1.82, 2.24) is 14.8 Å². The highest BCUT2D eigenvalue weighted by atomic mass is 32.1. The largest absolute Gasteiger partial charge is 0.396 e. The highest BCUT2D eigenvalue weighted by Crippen LogP contribution is 2.32. The highest BCUT2D eigenvalue weighted by Gasteiger charge is 2.41. The molecule has 0 atom stereocenters. The van der Waals surface area contributed by atoms with Crippen molar-refractivity contribution in [2.75, 3.05) is 39.4 Å². The second kappa shape index (κ2) is 9.27. The average Bonchev–Trinajstić information content (AvgIpc) is 3.40. The van der Waals surface area contributed by atoms with E-state index in [1.807, 2.05) is 10.3 Å². The topological polar surface area (TPSA) is 65.9 Å². The molecule has 31 heavy (non-hydrogen) atoms. The zero-order valence-electron chi connectivity index (χ0n) is 18.7. The van der Waals surface area contributed by atoms with Crippen LogP contribution in [0.5, 0.6) is 0 Å². The van der Waals surface area contributed by atoms with E-state index >= 15 is 0 Å². The monoisotopic (exact) mass is 463 g/mol. The summed E-state index contributed by atoms with van der Waals surface area (Å²) in [7, 11) is 0. The lowest BCUT2D eigenvalue weighted by atomic mass is 9.89. The maximum absolute atomic E-state index is 13.1. The van der Waals surface area contributed by atoms with Crippen molar-refractivity contribution in [3.05, 3.63) is 38.0 Å². The minimum atomic E-state index is -0.231. The molecule has 0 aliphatic carbocycles. The maximum atomic E-state index is 13.1. The highest BCUT2D eigenvalue weighted by molar-refractivity contribution is 7.10. The fourth-order valence-corrected chi connectivity index (χ4v) is 6.15. The summed E-state index contributed by atoms with van der Waals surface area (Å²) < 4.78 is 6.25. The van der Waals surface area contributed by atoms with Crippen LogP contribution in [0.3, 0.4) is 0 Å². The molecule has 170 valence electrons. The Hall–Kier alpha value is -1.32. The van der Waals surface area contributed by atoms with Gasteiger partial charge in [-0.2, -0.15) is 0 Å². The summed E-state index contributed by atoms with van der Waals surface area (Å²) in [4.78, 5) is 23.5. The second-order valence-corrected chi connectivity index (χ2v) is 11.6. The molecule has 2 fully saturated rings. The summed E-state index contributed by atoms with van der Waals surface area (Å²) in [5, 5.41) is 14.2. The van der Waals surface area contributed by atoms with E-state index in [-0.39, 0.29) is 23.5 Å². The first-order valence-corrected chi connectivity index (χ1v) is 12.8. The number of rotatable bonds is 5. The molecule has 2 aromatic rings. The van der Waals surface area contributed by atoms with E-state index < -0.39 is 0 Å². The van der Waals surface area contributed by atoms with E-state index in [0.717, 1.165) is 43.9 Å². The number of thiophene rings is 1. The molecule has 1 N–H and O–H groups in total. The third-order valence-corrected chi connectivity index (χ3v) is 8.39. The first-order chi connectivity index (χ1) is 14.8. The zero-order chi connectivity index (χ0) is 22.1. The number of carbonyl (C=O) groups excluding carboxylic acids is 1. The van der Waals surface area contributed by atoms with Crippen LogP contribution in [0.25, 0.3) is 0 Å². The SMILES string of the molecule is CC(C)(C)c1nc(C(=O)N2CCOC3(CCN(Cc4cc(CCO)cs4)CC3)C2)cs1. The molecule has 4 heterocycles. The Kier molecular flexibility index (Phi) is 6.84. The fourth-order valence-electron chi connectivity index (χ4n) is 4.31. The van der Waals surface area contributed by atoms with Crippen molar-refractivity contribution in [1.29, 1.82) is 0 Å². The Morgan fingerprint density at radius 1 is 1.23 bits per heavy atom. The fraction of sp³-hybridized carbons (Fsp3) is 0.652. The molecule has 2 aliphatic heterocycles. The third-order valence-electron chi connectivity index (χ3n) is 6.16. The number of ether oxygens (including phenoxy) is 1. The lowest BCUT2D eigenvalue weighted by Crippen LogP contribution is -2.57. The lowest BCUT2D eigenvalue weighted by molar-refractivity contribution is -0.127. The van der Waals surface area contributed by atoms with Crippen LogP contribution in [0.1, 0.15) is 59.5 Å². The Bertz CT molecular complexity index is 894. The van der Waals surface area contributed by atoms with Gasteiger partial charge in [-0.3, -0.25) is 9.69 Å². The molecule has 2 aromatic heterocycles. The summed E-state index contributed by atoms with van der Waals surface area (Å²) in [6.45, 7) is 11.4. The van der Waals surface area contributed by atoms with Gasteiger partial charge in [-0.05, 0) is 36.3 Å². The standard InChI is InChI=1S/C23H33N3O3S2/c1-22(2,3)21-24-19(15-31-21)20(28)26-9-11-29-23(16-26)5-7-25(8-6-23)13-18-12-17(4-10-27)14-30-18/h12,14-15,27H,4-11,13,16H2,1-3H3. The molecule has 0 bridgehead atoms. The van der Waals surface area contributed by atoms with Crippen LogP contribution in [0.4, 0.5) is 0 Å². The molecule has 0 aromatic carbocycles. The van der Waals surface area contributed by atoms with Gasteiger partial charge in [-0.15, -0.1) is 22.7 Å². The number of hydrogen-bond donors (Lipinski definition) is 1. The van der Waals surface area contributed by atoms with Gasteiger partial charge < -0.3 is 14.7 Å².